The maximum Gasteiger partial charge on any atom is 0.302 e. The van der Waals surface area contributed by atoms with Crippen LogP contribution in [0.15, 0.2) is 194 Å². The Morgan fingerprint density at radius 2 is 0.968 bits per heavy atom. The van der Waals surface area contributed by atoms with Gasteiger partial charge in [-0.25, -0.2) is 0 Å². The average molecular weight is 865 g/mol. The van der Waals surface area contributed by atoms with Crippen molar-refractivity contribution in [3.05, 3.63) is 194 Å². The summed E-state index contributed by atoms with van der Waals surface area (Å²) in [4.78, 5) is 12.7. The molecule has 0 radical (unpaired) electrons. The van der Waals surface area contributed by atoms with E-state index in [4.69, 9.17) is 13.6 Å². The van der Waals surface area contributed by atoms with Gasteiger partial charge in [0.05, 0.1) is 6.10 Å². The smallest absolute Gasteiger partial charge is 0.302 e. The summed E-state index contributed by atoms with van der Waals surface area (Å²) >= 11 is 0. The van der Waals surface area contributed by atoms with E-state index in [2.05, 4.69) is 195 Å². The monoisotopic (exact) mass is 864 g/mol. The molecule has 3 saturated carbocycles. The normalized spacial score (nSPS) is 26.7. The van der Waals surface area contributed by atoms with Crippen molar-refractivity contribution in [1.82, 2.24) is 0 Å². The molecule has 320 valence electrons. The van der Waals surface area contributed by atoms with E-state index in [-0.39, 0.29) is 29.0 Å². The van der Waals surface area contributed by atoms with Gasteiger partial charge in [0.1, 0.15) is 6.61 Å². The molecule has 6 heteroatoms. The van der Waals surface area contributed by atoms with Gasteiger partial charge in [-0.1, -0.05) is 201 Å². The number of allylic oxidation sites excluding steroid dienone is 1. The summed E-state index contributed by atoms with van der Waals surface area (Å²) in [6.07, 6.45) is 11.0. The highest BCUT2D eigenvalue weighted by Crippen LogP contribution is 2.66. The molecule has 6 aromatic rings. The summed E-state index contributed by atoms with van der Waals surface area (Å²) in [6.45, 7) is 4.60. The second kappa shape index (κ2) is 17.5. The van der Waals surface area contributed by atoms with Gasteiger partial charge in [0.15, 0.2) is 0 Å². The number of hydrogen-bond acceptors (Lipinski definition) is 4. The number of benzene rings is 6. The van der Waals surface area contributed by atoms with Crippen molar-refractivity contribution in [2.45, 2.75) is 77.4 Å². The second-order valence-electron chi connectivity index (χ2n) is 19.0. The number of fused-ring (bicyclic) bond motifs is 5. The highest BCUT2D eigenvalue weighted by atomic mass is 28.4. The van der Waals surface area contributed by atoms with Crippen molar-refractivity contribution in [3.8, 4) is 0 Å². The molecule has 4 nitrogen and oxygen atoms in total. The first-order valence-electron chi connectivity index (χ1n) is 23.4. The first-order chi connectivity index (χ1) is 30.9. The third-order valence-corrected chi connectivity index (χ3v) is 24.2. The maximum absolute atomic E-state index is 12.7. The number of carbonyl (C=O) groups excluding carboxylic acids is 1. The van der Waals surface area contributed by atoms with E-state index < -0.39 is 16.6 Å². The largest absolute Gasteiger partial charge is 0.465 e. The molecule has 0 spiro atoms. The van der Waals surface area contributed by atoms with Gasteiger partial charge in [-0.15, -0.1) is 0 Å². The Morgan fingerprint density at radius 1 is 0.540 bits per heavy atom. The SMILES string of the molecule is CC(=O)OC[C@]12CC[C@H](O[Si](c3ccccc3)(c3ccccc3)c3ccccc3)CC1=CC[C@@H]1[C@@H]2CC[C@]2(C)[C@@H](O[Si](c3ccccc3)(c3ccccc3)c3ccccc3)CC[C@@H]12. The zero-order valence-electron chi connectivity index (χ0n) is 36.8. The minimum absolute atomic E-state index is 0.0261. The Kier molecular flexibility index (Phi) is 11.6. The van der Waals surface area contributed by atoms with Crippen LogP contribution in [-0.2, 0) is 18.4 Å². The van der Waals surface area contributed by atoms with Gasteiger partial charge in [0.2, 0.25) is 0 Å². The Morgan fingerprint density at radius 3 is 1.40 bits per heavy atom. The van der Waals surface area contributed by atoms with E-state index in [0.29, 0.717) is 24.4 Å². The fourth-order valence-electron chi connectivity index (χ4n) is 13.1. The fourth-order valence-corrected chi connectivity index (χ4v) is 21.4. The molecule has 10 rings (SSSR count). The molecule has 0 amide bonds. The van der Waals surface area contributed by atoms with E-state index in [0.717, 1.165) is 51.4 Å². The number of hydrogen-bond donors (Lipinski definition) is 0. The Hall–Kier alpha value is -5.12. The summed E-state index contributed by atoms with van der Waals surface area (Å²) in [5.74, 6) is 1.27. The molecule has 7 atom stereocenters. The maximum atomic E-state index is 12.7. The van der Waals surface area contributed by atoms with Gasteiger partial charge < -0.3 is 13.6 Å². The van der Waals surface area contributed by atoms with Gasteiger partial charge in [-0.05, 0) is 106 Å². The van der Waals surface area contributed by atoms with Gasteiger partial charge in [-0.2, -0.15) is 0 Å². The van der Waals surface area contributed by atoms with Gasteiger partial charge in [0.25, 0.3) is 16.6 Å². The Labute approximate surface area is 376 Å². The number of ether oxygens (including phenoxy) is 1. The molecular formula is C57H60O4Si2. The van der Waals surface area contributed by atoms with Gasteiger partial charge in [-0.3, -0.25) is 4.79 Å². The van der Waals surface area contributed by atoms with Crippen molar-refractivity contribution < 1.29 is 18.4 Å². The van der Waals surface area contributed by atoms with E-state index in [1.165, 1.54) is 36.7 Å². The molecule has 6 aromatic carbocycles. The summed E-state index contributed by atoms with van der Waals surface area (Å²) in [7, 11) is -5.82. The molecule has 0 aliphatic heterocycles. The standard InChI is InChI=1S/C57H60O4Si2/c1-43(58)59-42-57-40-37-45(60-62(46-21-9-3-10-22-46,47-23-11-4-12-24-47)48-25-13-5-14-26-48)41-44(57)33-34-52-53-35-36-55(56(53,2)39-38-54(52)57)61-63(49-27-15-6-16-28-49,50-29-17-7-18-30-50)51-31-19-8-20-32-51/h3-33,45,52-55H,34-42H2,1-2H3/t45-,52-,53-,54-,55-,56-,57+/m0/s1. The minimum Gasteiger partial charge on any atom is -0.465 e. The van der Waals surface area contributed by atoms with Crippen LogP contribution in [-0.4, -0.2) is 41.4 Å². The van der Waals surface area contributed by atoms with E-state index in [1.54, 1.807) is 6.92 Å². The average Bonchev–Trinajstić information content (AvgIpc) is 3.68. The van der Waals surface area contributed by atoms with E-state index >= 15 is 0 Å². The fraction of sp³-hybridized carbons (Fsp3) is 0.316. The van der Waals surface area contributed by atoms with Crippen LogP contribution in [0.2, 0.25) is 0 Å². The lowest BCUT2D eigenvalue weighted by Gasteiger charge is -2.59. The lowest BCUT2D eigenvalue weighted by atomic mass is 9.47. The van der Waals surface area contributed by atoms with Crippen LogP contribution in [0.4, 0.5) is 0 Å². The van der Waals surface area contributed by atoms with Crippen LogP contribution in [0, 0.1) is 28.6 Å². The van der Waals surface area contributed by atoms with Gasteiger partial charge in [0, 0.05) is 18.4 Å². The second-order valence-corrected chi connectivity index (χ2v) is 25.7. The molecular weight excluding hydrogens is 805 g/mol. The number of rotatable bonds is 12. The zero-order valence-corrected chi connectivity index (χ0v) is 38.8. The quantitative estimate of drug-likeness (QED) is 0.0536. The Bertz CT molecular complexity index is 2310. The van der Waals surface area contributed by atoms with Crippen LogP contribution in [0.3, 0.4) is 0 Å². The van der Waals surface area contributed by atoms with Crippen LogP contribution >= 0.6 is 0 Å². The molecule has 0 unspecified atom stereocenters. The molecule has 0 aromatic heterocycles. The highest BCUT2D eigenvalue weighted by molar-refractivity contribution is 7.07. The molecule has 4 aliphatic carbocycles. The summed E-state index contributed by atoms with van der Waals surface area (Å²) in [5.41, 5.74) is 1.29. The number of carbonyl (C=O) groups is 1. The molecule has 0 N–H and O–H groups in total. The Balaban J connectivity index is 0.989. The van der Waals surface area contributed by atoms with Crippen molar-refractivity contribution >= 4 is 53.7 Å². The van der Waals surface area contributed by atoms with Crippen LogP contribution in [0.25, 0.3) is 0 Å². The van der Waals surface area contributed by atoms with Crippen molar-refractivity contribution in [2.24, 2.45) is 28.6 Å². The minimum atomic E-state index is -2.92. The third-order valence-electron chi connectivity index (χ3n) is 16.0. The molecule has 3 fully saturated rings. The first kappa shape index (κ1) is 41.9. The van der Waals surface area contributed by atoms with Gasteiger partial charge >= 0.3 is 5.97 Å². The lowest BCUT2D eigenvalue weighted by molar-refractivity contribution is -0.150. The van der Waals surface area contributed by atoms with Crippen LogP contribution in [0.5, 0.6) is 0 Å². The number of esters is 1. The van der Waals surface area contributed by atoms with Crippen molar-refractivity contribution in [2.75, 3.05) is 6.61 Å². The molecule has 0 heterocycles. The molecule has 0 bridgehead atoms. The summed E-state index contributed by atoms with van der Waals surface area (Å²) in [6, 6.07) is 66.1. The third kappa shape index (κ3) is 7.33. The topological polar surface area (TPSA) is 44.8 Å². The highest BCUT2D eigenvalue weighted by Gasteiger charge is 2.62. The summed E-state index contributed by atoms with van der Waals surface area (Å²) < 4.78 is 22.0. The lowest BCUT2D eigenvalue weighted by Crippen LogP contribution is -2.71. The predicted molar refractivity (Wildman–Crippen MR) is 260 cm³/mol. The first-order valence-corrected chi connectivity index (χ1v) is 27.2. The molecule has 0 saturated heterocycles. The van der Waals surface area contributed by atoms with E-state index in [1.807, 2.05) is 0 Å². The van der Waals surface area contributed by atoms with Crippen LogP contribution < -0.4 is 31.1 Å². The zero-order chi connectivity index (χ0) is 42.9. The van der Waals surface area contributed by atoms with E-state index in [9.17, 15) is 4.79 Å². The van der Waals surface area contributed by atoms with Crippen molar-refractivity contribution in [1.29, 1.82) is 0 Å². The molecule has 4 aliphatic rings. The molecule has 63 heavy (non-hydrogen) atoms. The van der Waals surface area contributed by atoms with Crippen LogP contribution in [0.1, 0.15) is 65.2 Å². The summed E-state index contributed by atoms with van der Waals surface area (Å²) in [5, 5.41) is 7.69. The predicted octanol–water partition coefficient (Wildman–Crippen LogP) is 8.60. The van der Waals surface area contributed by atoms with Crippen molar-refractivity contribution in [3.63, 3.8) is 0 Å².